The highest BCUT2D eigenvalue weighted by Crippen LogP contribution is 2.19. The van der Waals surface area contributed by atoms with Gasteiger partial charge >= 0.3 is 0 Å². The standard InChI is InChI=1S/C20H24N2O2/c1-4-16-5-7-18(8-6-16)24-12-17(23)11-22-13-21-19-9-14(2)15(3)10-20(19)22/h5-10,13,17,23H,4,11-12H2,1-3H3/t17-/m0/s1. The van der Waals surface area contributed by atoms with E-state index in [9.17, 15) is 5.11 Å². The summed E-state index contributed by atoms with van der Waals surface area (Å²) in [6.45, 7) is 7.02. The van der Waals surface area contributed by atoms with Gasteiger partial charge in [0.15, 0.2) is 0 Å². The predicted octanol–water partition coefficient (Wildman–Crippen LogP) is 3.66. The van der Waals surface area contributed by atoms with Crippen LogP contribution in [0.5, 0.6) is 5.75 Å². The minimum atomic E-state index is -0.588. The number of aliphatic hydroxyl groups excluding tert-OH is 1. The van der Waals surface area contributed by atoms with Crippen molar-refractivity contribution in [1.29, 1.82) is 0 Å². The molecule has 1 aromatic heterocycles. The van der Waals surface area contributed by atoms with Crippen molar-refractivity contribution in [2.24, 2.45) is 0 Å². The Morgan fingerprint density at radius 2 is 1.83 bits per heavy atom. The number of ether oxygens (including phenoxy) is 1. The third-order valence-corrected chi connectivity index (χ3v) is 4.42. The van der Waals surface area contributed by atoms with Gasteiger partial charge in [-0.25, -0.2) is 4.98 Å². The number of nitrogens with zero attached hydrogens (tertiary/aromatic N) is 2. The van der Waals surface area contributed by atoms with Crippen LogP contribution in [0.25, 0.3) is 11.0 Å². The van der Waals surface area contributed by atoms with E-state index in [4.69, 9.17) is 4.74 Å². The average Bonchev–Trinajstić information content (AvgIpc) is 2.95. The van der Waals surface area contributed by atoms with Gasteiger partial charge in [0.05, 0.1) is 23.9 Å². The summed E-state index contributed by atoms with van der Waals surface area (Å²) in [5, 5.41) is 10.3. The lowest BCUT2D eigenvalue weighted by molar-refractivity contribution is 0.0934. The van der Waals surface area contributed by atoms with Gasteiger partial charge in [0, 0.05) is 0 Å². The van der Waals surface area contributed by atoms with Crippen molar-refractivity contribution in [3.63, 3.8) is 0 Å². The number of aryl methyl sites for hydroxylation is 3. The van der Waals surface area contributed by atoms with Crippen molar-refractivity contribution in [3.8, 4) is 5.75 Å². The number of hydrogen-bond acceptors (Lipinski definition) is 3. The van der Waals surface area contributed by atoms with Crippen LogP contribution < -0.4 is 4.74 Å². The first kappa shape index (κ1) is 16.5. The Balaban J connectivity index is 1.64. The van der Waals surface area contributed by atoms with Gasteiger partial charge in [-0.2, -0.15) is 0 Å². The van der Waals surface area contributed by atoms with Gasteiger partial charge in [0.25, 0.3) is 0 Å². The fourth-order valence-corrected chi connectivity index (χ4v) is 2.75. The Kier molecular flexibility index (Phi) is 4.86. The van der Waals surface area contributed by atoms with E-state index in [1.54, 1.807) is 6.33 Å². The summed E-state index contributed by atoms with van der Waals surface area (Å²) in [6, 6.07) is 12.2. The molecule has 0 aliphatic carbocycles. The molecule has 0 aliphatic rings. The number of aromatic nitrogens is 2. The quantitative estimate of drug-likeness (QED) is 0.753. The summed E-state index contributed by atoms with van der Waals surface area (Å²) < 4.78 is 7.67. The molecule has 0 saturated heterocycles. The Hall–Kier alpha value is -2.33. The number of hydrogen-bond donors (Lipinski definition) is 1. The van der Waals surface area contributed by atoms with Crippen LogP contribution in [0.3, 0.4) is 0 Å². The summed E-state index contributed by atoms with van der Waals surface area (Å²) in [6.07, 6.45) is 2.20. The summed E-state index contributed by atoms with van der Waals surface area (Å²) in [5.41, 5.74) is 5.74. The van der Waals surface area contributed by atoms with Crippen molar-refractivity contribution >= 4 is 11.0 Å². The number of rotatable bonds is 6. The molecular formula is C20H24N2O2. The van der Waals surface area contributed by atoms with Crippen LogP contribution in [-0.2, 0) is 13.0 Å². The first-order valence-electron chi connectivity index (χ1n) is 8.38. The minimum absolute atomic E-state index is 0.260. The molecule has 0 unspecified atom stereocenters. The van der Waals surface area contributed by atoms with E-state index in [1.165, 1.54) is 16.7 Å². The largest absolute Gasteiger partial charge is 0.491 e. The number of imidazole rings is 1. The van der Waals surface area contributed by atoms with Crippen LogP contribution in [0.2, 0.25) is 0 Å². The molecule has 0 saturated carbocycles. The fourth-order valence-electron chi connectivity index (χ4n) is 2.75. The van der Waals surface area contributed by atoms with Crippen LogP contribution in [0, 0.1) is 13.8 Å². The molecule has 3 aromatic rings. The molecule has 4 heteroatoms. The van der Waals surface area contributed by atoms with Crippen LogP contribution in [0.4, 0.5) is 0 Å². The van der Waals surface area contributed by atoms with Crippen LogP contribution in [0.1, 0.15) is 23.6 Å². The summed E-state index contributed by atoms with van der Waals surface area (Å²) in [4.78, 5) is 4.42. The van der Waals surface area contributed by atoms with Crippen molar-refractivity contribution in [2.45, 2.75) is 39.8 Å². The third-order valence-electron chi connectivity index (χ3n) is 4.42. The van der Waals surface area contributed by atoms with E-state index in [0.29, 0.717) is 6.54 Å². The highest BCUT2D eigenvalue weighted by atomic mass is 16.5. The maximum absolute atomic E-state index is 10.3. The van der Waals surface area contributed by atoms with Crippen molar-refractivity contribution in [3.05, 3.63) is 59.4 Å². The molecule has 24 heavy (non-hydrogen) atoms. The smallest absolute Gasteiger partial charge is 0.119 e. The molecular weight excluding hydrogens is 300 g/mol. The van der Waals surface area contributed by atoms with E-state index in [-0.39, 0.29) is 6.61 Å². The van der Waals surface area contributed by atoms with Crippen LogP contribution >= 0.6 is 0 Å². The molecule has 2 aromatic carbocycles. The fraction of sp³-hybridized carbons (Fsp3) is 0.350. The monoisotopic (exact) mass is 324 g/mol. The molecule has 3 rings (SSSR count). The van der Waals surface area contributed by atoms with E-state index < -0.39 is 6.10 Å². The molecule has 0 radical (unpaired) electrons. The third kappa shape index (κ3) is 3.60. The molecule has 1 N–H and O–H groups in total. The maximum atomic E-state index is 10.3. The lowest BCUT2D eigenvalue weighted by Crippen LogP contribution is -2.23. The normalized spacial score (nSPS) is 12.5. The van der Waals surface area contributed by atoms with Gasteiger partial charge in [-0.1, -0.05) is 19.1 Å². The van der Waals surface area contributed by atoms with Gasteiger partial charge in [0.2, 0.25) is 0 Å². The van der Waals surface area contributed by atoms with E-state index in [1.807, 2.05) is 16.7 Å². The Bertz CT molecular complexity index is 822. The Labute approximate surface area is 142 Å². The number of aliphatic hydroxyl groups is 1. The molecule has 1 atom stereocenters. The van der Waals surface area contributed by atoms with E-state index in [0.717, 1.165) is 23.2 Å². The Morgan fingerprint density at radius 3 is 2.54 bits per heavy atom. The molecule has 0 fully saturated rings. The minimum Gasteiger partial charge on any atom is -0.491 e. The first-order valence-corrected chi connectivity index (χ1v) is 8.38. The van der Waals surface area contributed by atoms with Gasteiger partial charge in [-0.3, -0.25) is 0 Å². The molecule has 0 aliphatic heterocycles. The molecule has 0 spiro atoms. The average molecular weight is 324 g/mol. The first-order chi connectivity index (χ1) is 11.6. The van der Waals surface area contributed by atoms with E-state index >= 15 is 0 Å². The van der Waals surface area contributed by atoms with Gasteiger partial charge < -0.3 is 14.4 Å². The molecule has 0 bridgehead atoms. The van der Waals surface area contributed by atoms with Crippen molar-refractivity contribution < 1.29 is 9.84 Å². The summed E-state index contributed by atoms with van der Waals surface area (Å²) in [5.74, 6) is 0.785. The van der Waals surface area contributed by atoms with Gasteiger partial charge in [-0.05, 0) is 61.2 Å². The molecule has 1 heterocycles. The Morgan fingerprint density at radius 1 is 1.12 bits per heavy atom. The molecule has 126 valence electrons. The lowest BCUT2D eigenvalue weighted by atomic mass is 10.1. The van der Waals surface area contributed by atoms with Crippen LogP contribution in [-0.4, -0.2) is 27.4 Å². The number of benzene rings is 2. The van der Waals surface area contributed by atoms with E-state index in [2.05, 4.69) is 50.0 Å². The van der Waals surface area contributed by atoms with Crippen LogP contribution in [0.15, 0.2) is 42.7 Å². The maximum Gasteiger partial charge on any atom is 0.119 e. The van der Waals surface area contributed by atoms with Gasteiger partial charge in [0.1, 0.15) is 18.5 Å². The number of fused-ring (bicyclic) bond motifs is 1. The molecule has 4 nitrogen and oxygen atoms in total. The molecule has 0 amide bonds. The highest BCUT2D eigenvalue weighted by molar-refractivity contribution is 5.77. The predicted molar refractivity (Wildman–Crippen MR) is 96.5 cm³/mol. The zero-order valence-electron chi connectivity index (χ0n) is 14.5. The lowest BCUT2D eigenvalue weighted by Gasteiger charge is -2.14. The second kappa shape index (κ2) is 7.05. The zero-order valence-corrected chi connectivity index (χ0v) is 14.5. The zero-order chi connectivity index (χ0) is 17.1. The van der Waals surface area contributed by atoms with Crippen molar-refractivity contribution in [2.75, 3.05) is 6.61 Å². The summed E-state index contributed by atoms with van der Waals surface area (Å²) >= 11 is 0. The van der Waals surface area contributed by atoms with Gasteiger partial charge in [-0.15, -0.1) is 0 Å². The highest BCUT2D eigenvalue weighted by Gasteiger charge is 2.10. The summed E-state index contributed by atoms with van der Waals surface area (Å²) in [7, 11) is 0. The topological polar surface area (TPSA) is 47.3 Å². The second-order valence-corrected chi connectivity index (χ2v) is 6.28. The van der Waals surface area contributed by atoms with Crippen molar-refractivity contribution in [1.82, 2.24) is 9.55 Å². The SMILES string of the molecule is CCc1ccc(OC[C@@H](O)Cn2cnc3cc(C)c(C)cc32)cc1. The second-order valence-electron chi connectivity index (χ2n) is 6.28.